The molecule has 1 aromatic heterocycles. The number of benzene rings is 1. The van der Waals surface area contributed by atoms with E-state index < -0.39 is 0 Å². The molecule has 0 amide bonds. The SMILES string of the molecule is CC(Cc1ccc(F)cc1)Nc1cncnc1. The van der Waals surface area contributed by atoms with Gasteiger partial charge in [0.25, 0.3) is 0 Å². The van der Waals surface area contributed by atoms with Gasteiger partial charge in [-0.3, -0.25) is 0 Å². The predicted molar refractivity (Wildman–Crippen MR) is 65.2 cm³/mol. The molecule has 3 nitrogen and oxygen atoms in total. The molecule has 0 saturated heterocycles. The molecule has 17 heavy (non-hydrogen) atoms. The Morgan fingerprint density at radius 3 is 2.47 bits per heavy atom. The maximum Gasteiger partial charge on any atom is 0.123 e. The number of aromatic nitrogens is 2. The number of halogens is 1. The lowest BCUT2D eigenvalue weighted by Crippen LogP contribution is -2.18. The average molecular weight is 231 g/mol. The number of rotatable bonds is 4. The van der Waals surface area contributed by atoms with Gasteiger partial charge in [-0.1, -0.05) is 12.1 Å². The monoisotopic (exact) mass is 231 g/mol. The quantitative estimate of drug-likeness (QED) is 0.879. The van der Waals surface area contributed by atoms with Crippen molar-refractivity contribution in [1.82, 2.24) is 9.97 Å². The van der Waals surface area contributed by atoms with Crippen LogP contribution in [0.3, 0.4) is 0 Å². The largest absolute Gasteiger partial charge is 0.380 e. The lowest BCUT2D eigenvalue weighted by Gasteiger charge is -2.14. The molecule has 0 aliphatic rings. The molecule has 1 aromatic carbocycles. The number of nitrogens with zero attached hydrogens (tertiary/aromatic N) is 2. The molecule has 0 saturated carbocycles. The molecule has 1 atom stereocenters. The zero-order chi connectivity index (χ0) is 12.1. The summed E-state index contributed by atoms with van der Waals surface area (Å²) in [5.41, 5.74) is 1.99. The summed E-state index contributed by atoms with van der Waals surface area (Å²) in [5.74, 6) is -0.203. The molecule has 1 N–H and O–H groups in total. The summed E-state index contributed by atoms with van der Waals surface area (Å²) in [7, 11) is 0. The molecular formula is C13H14FN3. The van der Waals surface area contributed by atoms with E-state index in [1.807, 2.05) is 0 Å². The van der Waals surface area contributed by atoms with E-state index in [9.17, 15) is 4.39 Å². The molecule has 4 heteroatoms. The zero-order valence-electron chi connectivity index (χ0n) is 9.60. The first-order valence-electron chi connectivity index (χ1n) is 5.50. The third-order valence-electron chi connectivity index (χ3n) is 2.43. The molecule has 0 aliphatic carbocycles. The molecule has 88 valence electrons. The number of nitrogens with one attached hydrogen (secondary N) is 1. The van der Waals surface area contributed by atoms with Crippen molar-refractivity contribution in [2.75, 3.05) is 5.32 Å². The summed E-state index contributed by atoms with van der Waals surface area (Å²) in [6.45, 7) is 2.07. The average Bonchev–Trinajstić information content (AvgIpc) is 2.33. The van der Waals surface area contributed by atoms with Gasteiger partial charge < -0.3 is 5.32 Å². The Bertz CT molecular complexity index is 456. The van der Waals surface area contributed by atoms with Gasteiger partial charge in [-0.2, -0.15) is 0 Å². The van der Waals surface area contributed by atoms with E-state index in [4.69, 9.17) is 0 Å². The smallest absolute Gasteiger partial charge is 0.123 e. The molecular weight excluding hydrogens is 217 g/mol. The normalized spacial score (nSPS) is 12.1. The molecule has 0 fully saturated rings. The summed E-state index contributed by atoms with van der Waals surface area (Å²) in [6, 6.07) is 6.80. The molecule has 0 aliphatic heterocycles. The van der Waals surface area contributed by atoms with Crippen LogP contribution in [0.4, 0.5) is 10.1 Å². The van der Waals surface area contributed by atoms with E-state index in [1.54, 1.807) is 24.5 Å². The minimum Gasteiger partial charge on any atom is -0.380 e. The third-order valence-corrected chi connectivity index (χ3v) is 2.43. The maximum atomic E-state index is 12.7. The van der Waals surface area contributed by atoms with E-state index in [1.165, 1.54) is 18.5 Å². The molecule has 0 bridgehead atoms. The number of hydrogen-bond acceptors (Lipinski definition) is 3. The van der Waals surface area contributed by atoms with Gasteiger partial charge in [0.2, 0.25) is 0 Å². The van der Waals surface area contributed by atoms with Gasteiger partial charge in [0.1, 0.15) is 12.1 Å². The Balaban J connectivity index is 1.93. The van der Waals surface area contributed by atoms with Crippen LogP contribution in [0.2, 0.25) is 0 Å². The Hall–Kier alpha value is -1.97. The second-order valence-corrected chi connectivity index (χ2v) is 4.00. The fourth-order valence-corrected chi connectivity index (χ4v) is 1.68. The van der Waals surface area contributed by atoms with Gasteiger partial charge in [0, 0.05) is 6.04 Å². The van der Waals surface area contributed by atoms with Crippen molar-refractivity contribution in [1.29, 1.82) is 0 Å². The van der Waals surface area contributed by atoms with Crippen LogP contribution < -0.4 is 5.32 Å². The van der Waals surface area contributed by atoms with Crippen LogP contribution in [-0.2, 0) is 6.42 Å². The van der Waals surface area contributed by atoms with Crippen LogP contribution in [0.1, 0.15) is 12.5 Å². The minimum atomic E-state index is -0.203. The van der Waals surface area contributed by atoms with Crippen LogP contribution in [0.15, 0.2) is 43.0 Å². The summed E-state index contributed by atoms with van der Waals surface area (Å²) in [5, 5.41) is 3.29. The van der Waals surface area contributed by atoms with E-state index >= 15 is 0 Å². The van der Waals surface area contributed by atoms with Gasteiger partial charge >= 0.3 is 0 Å². The van der Waals surface area contributed by atoms with Gasteiger partial charge in [-0.25, -0.2) is 14.4 Å². The summed E-state index contributed by atoms with van der Waals surface area (Å²) >= 11 is 0. The number of anilines is 1. The Morgan fingerprint density at radius 2 is 1.82 bits per heavy atom. The van der Waals surface area contributed by atoms with Gasteiger partial charge in [0.15, 0.2) is 0 Å². The van der Waals surface area contributed by atoms with E-state index in [2.05, 4.69) is 22.2 Å². The van der Waals surface area contributed by atoms with Crippen LogP contribution >= 0.6 is 0 Å². The first-order valence-corrected chi connectivity index (χ1v) is 5.50. The highest BCUT2D eigenvalue weighted by molar-refractivity contribution is 5.38. The fourth-order valence-electron chi connectivity index (χ4n) is 1.68. The lowest BCUT2D eigenvalue weighted by molar-refractivity contribution is 0.626. The maximum absolute atomic E-state index is 12.7. The van der Waals surface area contributed by atoms with E-state index in [0.29, 0.717) is 0 Å². The van der Waals surface area contributed by atoms with Crippen LogP contribution in [0, 0.1) is 5.82 Å². The highest BCUT2D eigenvalue weighted by atomic mass is 19.1. The highest BCUT2D eigenvalue weighted by Crippen LogP contribution is 2.09. The lowest BCUT2D eigenvalue weighted by atomic mass is 10.1. The summed E-state index contributed by atoms with van der Waals surface area (Å²) in [4.78, 5) is 7.87. The van der Waals surface area contributed by atoms with Crippen molar-refractivity contribution in [3.05, 3.63) is 54.4 Å². The van der Waals surface area contributed by atoms with Crippen molar-refractivity contribution in [2.24, 2.45) is 0 Å². The van der Waals surface area contributed by atoms with Crippen LogP contribution in [0.25, 0.3) is 0 Å². The van der Waals surface area contributed by atoms with Crippen molar-refractivity contribution >= 4 is 5.69 Å². The Labute approximate surface area is 99.7 Å². The molecule has 2 aromatic rings. The second kappa shape index (κ2) is 5.39. The second-order valence-electron chi connectivity index (χ2n) is 4.00. The first-order chi connectivity index (χ1) is 8.24. The Morgan fingerprint density at radius 1 is 1.18 bits per heavy atom. The van der Waals surface area contributed by atoms with E-state index in [-0.39, 0.29) is 11.9 Å². The minimum absolute atomic E-state index is 0.203. The van der Waals surface area contributed by atoms with Crippen LogP contribution in [-0.4, -0.2) is 16.0 Å². The zero-order valence-corrected chi connectivity index (χ0v) is 9.60. The topological polar surface area (TPSA) is 37.8 Å². The standard InChI is InChI=1S/C13H14FN3/c1-10(17-13-7-15-9-16-8-13)6-11-2-4-12(14)5-3-11/h2-5,7-10,17H,6H2,1H3. The van der Waals surface area contributed by atoms with Crippen molar-refractivity contribution in [3.63, 3.8) is 0 Å². The fraction of sp³-hybridized carbons (Fsp3) is 0.231. The third kappa shape index (κ3) is 3.52. The van der Waals surface area contributed by atoms with Gasteiger partial charge in [-0.05, 0) is 31.0 Å². The number of hydrogen-bond donors (Lipinski definition) is 1. The van der Waals surface area contributed by atoms with E-state index in [0.717, 1.165) is 17.7 Å². The van der Waals surface area contributed by atoms with Gasteiger partial charge in [0.05, 0.1) is 18.1 Å². The van der Waals surface area contributed by atoms with Gasteiger partial charge in [-0.15, -0.1) is 0 Å². The van der Waals surface area contributed by atoms with Crippen molar-refractivity contribution in [2.45, 2.75) is 19.4 Å². The van der Waals surface area contributed by atoms with Crippen molar-refractivity contribution < 1.29 is 4.39 Å². The predicted octanol–water partition coefficient (Wildman–Crippen LogP) is 2.66. The van der Waals surface area contributed by atoms with Crippen LogP contribution in [0.5, 0.6) is 0 Å². The summed E-state index contributed by atoms with van der Waals surface area (Å²) in [6.07, 6.45) is 5.79. The molecule has 0 radical (unpaired) electrons. The first kappa shape index (κ1) is 11.5. The van der Waals surface area contributed by atoms with Crippen molar-refractivity contribution in [3.8, 4) is 0 Å². The molecule has 1 unspecified atom stereocenters. The molecule has 1 heterocycles. The molecule has 2 rings (SSSR count). The molecule has 0 spiro atoms. The Kier molecular flexibility index (Phi) is 3.65. The highest BCUT2D eigenvalue weighted by Gasteiger charge is 2.04. The summed E-state index contributed by atoms with van der Waals surface area (Å²) < 4.78 is 12.7.